The predicted octanol–water partition coefficient (Wildman–Crippen LogP) is 3.82. The molecule has 5 heteroatoms. The Morgan fingerprint density at radius 2 is 2.28 bits per heavy atom. The second-order valence-corrected chi connectivity index (χ2v) is 5.89. The molecule has 0 fully saturated rings. The van der Waals surface area contributed by atoms with E-state index in [4.69, 9.17) is 0 Å². The number of nitrogens with zero attached hydrogens (tertiary/aromatic N) is 2. The molecule has 0 bridgehead atoms. The van der Waals surface area contributed by atoms with Crippen molar-refractivity contribution in [2.45, 2.75) is 32.9 Å². The van der Waals surface area contributed by atoms with Crippen LogP contribution in [0.25, 0.3) is 0 Å². The van der Waals surface area contributed by atoms with Crippen LogP contribution in [0.4, 0.5) is 0 Å². The quantitative estimate of drug-likeness (QED) is 0.874. The molecule has 1 atom stereocenters. The molecule has 3 nitrogen and oxygen atoms in total. The average Bonchev–Trinajstić information content (AvgIpc) is 2.99. The van der Waals surface area contributed by atoms with E-state index in [-0.39, 0.29) is 6.04 Å². The minimum absolute atomic E-state index is 0.224. The summed E-state index contributed by atoms with van der Waals surface area (Å²) < 4.78 is 3.23. The van der Waals surface area contributed by atoms with Gasteiger partial charge in [0, 0.05) is 22.1 Å². The van der Waals surface area contributed by atoms with Crippen molar-refractivity contribution < 1.29 is 0 Å². The van der Waals surface area contributed by atoms with Crippen LogP contribution in [0, 0.1) is 0 Å². The summed E-state index contributed by atoms with van der Waals surface area (Å²) in [7, 11) is 0. The van der Waals surface area contributed by atoms with Gasteiger partial charge in [-0.05, 0) is 53.3 Å². The molecule has 1 N–H and O–H groups in total. The topological polar surface area (TPSA) is 29.9 Å². The zero-order valence-electron chi connectivity index (χ0n) is 10.7. The van der Waals surface area contributed by atoms with Gasteiger partial charge >= 0.3 is 0 Å². The van der Waals surface area contributed by atoms with E-state index in [9.17, 15) is 0 Å². The molecule has 0 aromatic carbocycles. The predicted molar refractivity (Wildman–Crippen MR) is 80.1 cm³/mol. The number of thiophene rings is 1. The Balaban J connectivity index is 2.34. The van der Waals surface area contributed by atoms with Gasteiger partial charge in [-0.1, -0.05) is 6.92 Å². The number of rotatable bonds is 6. The van der Waals surface area contributed by atoms with E-state index >= 15 is 0 Å². The summed E-state index contributed by atoms with van der Waals surface area (Å²) in [6.45, 7) is 6.21. The van der Waals surface area contributed by atoms with Crippen molar-refractivity contribution in [3.63, 3.8) is 0 Å². The van der Waals surface area contributed by atoms with Gasteiger partial charge in [0.05, 0.1) is 11.7 Å². The molecule has 0 spiro atoms. The van der Waals surface area contributed by atoms with Gasteiger partial charge < -0.3 is 5.32 Å². The molecule has 0 saturated carbocycles. The molecule has 1 unspecified atom stereocenters. The highest BCUT2D eigenvalue weighted by atomic mass is 79.9. The molecule has 0 aliphatic carbocycles. The number of halogens is 1. The maximum Gasteiger partial charge on any atom is 0.0853 e. The van der Waals surface area contributed by atoms with Crippen LogP contribution in [0.3, 0.4) is 0 Å². The molecule has 0 saturated heterocycles. The summed E-state index contributed by atoms with van der Waals surface area (Å²) in [4.78, 5) is 1.32. The van der Waals surface area contributed by atoms with Crippen LogP contribution in [-0.2, 0) is 6.54 Å². The first-order valence-electron chi connectivity index (χ1n) is 6.25. The largest absolute Gasteiger partial charge is 0.304 e. The Labute approximate surface area is 120 Å². The molecule has 2 heterocycles. The Hall–Kier alpha value is -0.650. The summed E-state index contributed by atoms with van der Waals surface area (Å²) in [5.74, 6) is 0. The molecular weight excluding hydrogens is 310 g/mol. The van der Waals surface area contributed by atoms with Gasteiger partial charge in [0.25, 0.3) is 0 Å². The molecular formula is C13H18BrN3S. The molecule has 2 aromatic heterocycles. The minimum Gasteiger partial charge on any atom is -0.304 e. The highest BCUT2D eigenvalue weighted by molar-refractivity contribution is 9.10. The summed E-state index contributed by atoms with van der Waals surface area (Å²) in [5.41, 5.74) is 1.23. The number of hydrogen-bond donors (Lipinski definition) is 1. The Morgan fingerprint density at radius 3 is 2.89 bits per heavy atom. The molecule has 0 radical (unpaired) electrons. The third-order valence-corrected chi connectivity index (χ3v) is 4.79. The van der Waals surface area contributed by atoms with Crippen LogP contribution < -0.4 is 5.32 Å². The van der Waals surface area contributed by atoms with Crippen molar-refractivity contribution >= 4 is 27.3 Å². The fraction of sp³-hybridized carbons (Fsp3) is 0.462. The number of aromatic nitrogens is 2. The van der Waals surface area contributed by atoms with Gasteiger partial charge in [-0.25, -0.2) is 0 Å². The number of hydrogen-bond acceptors (Lipinski definition) is 3. The van der Waals surface area contributed by atoms with Crippen LogP contribution in [0.1, 0.15) is 36.9 Å². The lowest BCUT2D eigenvalue weighted by molar-refractivity contribution is 0.533. The highest BCUT2D eigenvalue weighted by Crippen LogP contribution is 2.33. The van der Waals surface area contributed by atoms with E-state index in [1.54, 1.807) is 11.3 Å². The zero-order chi connectivity index (χ0) is 13.0. The fourth-order valence-electron chi connectivity index (χ4n) is 1.98. The van der Waals surface area contributed by atoms with Crippen molar-refractivity contribution in [1.29, 1.82) is 0 Å². The number of aryl methyl sites for hydroxylation is 1. The van der Waals surface area contributed by atoms with E-state index in [0.29, 0.717) is 0 Å². The van der Waals surface area contributed by atoms with E-state index in [1.807, 2.05) is 6.20 Å². The summed E-state index contributed by atoms with van der Waals surface area (Å²) in [6.07, 6.45) is 3.00. The lowest BCUT2D eigenvalue weighted by atomic mass is 10.1. The number of nitrogens with one attached hydrogen (secondary N) is 1. The maximum atomic E-state index is 4.37. The van der Waals surface area contributed by atoms with Gasteiger partial charge in [0.2, 0.25) is 0 Å². The average molecular weight is 328 g/mol. The Kier molecular flexibility index (Phi) is 4.97. The summed E-state index contributed by atoms with van der Waals surface area (Å²) >= 11 is 5.41. The van der Waals surface area contributed by atoms with Gasteiger partial charge in [0.15, 0.2) is 0 Å². The smallest absolute Gasteiger partial charge is 0.0853 e. The molecule has 0 aliphatic heterocycles. The van der Waals surface area contributed by atoms with Crippen molar-refractivity contribution in [3.8, 4) is 0 Å². The van der Waals surface area contributed by atoms with Crippen LogP contribution in [0.2, 0.25) is 0 Å². The lowest BCUT2D eigenvalue weighted by Crippen LogP contribution is -2.25. The van der Waals surface area contributed by atoms with Crippen molar-refractivity contribution in [2.75, 3.05) is 6.54 Å². The van der Waals surface area contributed by atoms with Crippen molar-refractivity contribution in [3.05, 3.63) is 38.8 Å². The van der Waals surface area contributed by atoms with Crippen molar-refractivity contribution in [1.82, 2.24) is 15.1 Å². The first-order valence-corrected chi connectivity index (χ1v) is 7.93. The van der Waals surface area contributed by atoms with E-state index in [1.165, 1.54) is 15.0 Å². The van der Waals surface area contributed by atoms with Crippen LogP contribution in [-0.4, -0.2) is 16.3 Å². The molecule has 2 aromatic rings. The normalized spacial score (nSPS) is 12.8. The third-order valence-electron chi connectivity index (χ3n) is 2.85. The standard InChI is InChI=1S/C13H18BrN3S/c1-3-7-15-12(13-10(14)6-9-18-13)11-5-8-16-17(11)4-2/h5-6,8-9,12,15H,3-4,7H2,1-2H3. The second-order valence-electron chi connectivity index (χ2n) is 4.09. The third kappa shape index (κ3) is 2.84. The first-order chi connectivity index (χ1) is 8.77. The van der Waals surface area contributed by atoms with Crippen LogP contribution >= 0.6 is 27.3 Å². The van der Waals surface area contributed by atoms with Crippen LogP contribution in [0.5, 0.6) is 0 Å². The lowest BCUT2D eigenvalue weighted by Gasteiger charge is -2.19. The maximum absolute atomic E-state index is 4.37. The monoisotopic (exact) mass is 327 g/mol. The fourth-order valence-corrected chi connectivity index (χ4v) is 3.67. The van der Waals surface area contributed by atoms with Gasteiger partial charge in [-0.15, -0.1) is 11.3 Å². The van der Waals surface area contributed by atoms with Crippen molar-refractivity contribution in [2.24, 2.45) is 0 Å². The summed E-state index contributed by atoms with van der Waals surface area (Å²) in [5, 5.41) is 10.1. The van der Waals surface area contributed by atoms with E-state index < -0.39 is 0 Å². The zero-order valence-corrected chi connectivity index (χ0v) is 13.1. The molecule has 18 heavy (non-hydrogen) atoms. The van der Waals surface area contributed by atoms with E-state index in [2.05, 4.69) is 62.4 Å². The van der Waals surface area contributed by atoms with Gasteiger partial charge in [-0.2, -0.15) is 5.10 Å². The van der Waals surface area contributed by atoms with E-state index in [0.717, 1.165) is 19.5 Å². The molecule has 2 rings (SSSR count). The first kappa shape index (κ1) is 13.8. The Morgan fingerprint density at radius 1 is 1.44 bits per heavy atom. The Bertz CT molecular complexity index is 492. The van der Waals surface area contributed by atoms with Crippen LogP contribution in [0.15, 0.2) is 28.2 Å². The SMILES string of the molecule is CCCNC(c1sccc1Br)c1ccnn1CC. The second kappa shape index (κ2) is 6.50. The summed E-state index contributed by atoms with van der Waals surface area (Å²) in [6, 6.07) is 4.43. The minimum atomic E-state index is 0.224. The molecule has 0 amide bonds. The highest BCUT2D eigenvalue weighted by Gasteiger charge is 2.20. The molecule has 98 valence electrons. The van der Waals surface area contributed by atoms with Gasteiger partial charge in [0.1, 0.15) is 0 Å². The molecule has 0 aliphatic rings. The van der Waals surface area contributed by atoms with Gasteiger partial charge in [-0.3, -0.25) is 4.68 Å².